The van der Waals surface area contributed by atoms with Gasteiger partial charge in [-0.1, -0.05) is 49.2 Å². The molecule has 2 fully saturated rings. The molecule has 1 aliphatic carbocycles. The van der Waals surface area contributed by atoms with Crippen LogP contribution in [0.5, 0.6) is 0 Å². The minimum atomic E-state index is -4.29. The van der Waals surface area contributed by atoms with Crippen LogP contribution in [0.3, 0.4) is 0 Å². The number of nitrogens with one attached hydrogen (secondary N) is 1. The molecule has 29 heavy (non-hydrogen) atoms. The fraction of sp³-hybridized carbons (Fsp3) is 0.478. The third kappa shape index (κ3) is 5.14. The fourth-order valence-corrected chi connectivity index (χ4v) is 4.74. The van der Waals surface area contributed by atoms with E-state index in [4.69, 9.17) is 0 Å². The summed E-state index contributed by atoms with van der Waals surface area (Å²) in [4.78, 5) is 2.61. The molecule has 4 rings (SSSR count). The van der Waals surface area contributed by atoms with Gasteiger partial charge in [-0.25, -0.2) is 0 Å². The zero-order valence-corrected chi connectivity index (χ0v) is 17.2. The number of hydrogen-bond acceptors (Lipinski definition) is 2. The van der Waals surface area contributed by atoms with Gasteiger partial charge in [0, 0.05) is 32.2 Å². The van der Waals surface area contributed by atoms with Gasteiger partial charge in [-0.15, -0.1) is 12.4 Å². The predicted octanol–water partition coefficient (Wildman–Crippen LogP) is 5.93. The molecular formula is C23H28ClF3N2. The topological polar surface area (TPSA) is 15.3 Å². The van der Waals surface area contributed by atoms with Crippen molar-refractivity contribution in [1.82, 2.24) is 10.2 Å². The van der Waals surface area contributed by atoms with Crippen molar-refractivity contribution in [1.29, 1.82) is 0 Å². The molecule has 2 nitrogen and oxygen atoms in total. The molecule has 0 unspecified atom stereocenters. The highest BCUT2D eigenvalue weighted by Crippen LogP contribution is 2.40. The first-order chi connectivity index (χ1) is 13.5. The summed E-state index contributed by atoms with van der Waals surface area (Å²) in [6.45, 7) is 4.21. The Bertz CT molecular complexity index is 762. The van der Waals surface area contributed by atoms with Crippen molar-refractivity contribution >= 4 is 12.4 Å². The van der Waals surface area contributed by atoms with Crippen molar-refractivity contribution in [2.24, 2.45) is 5.92 Å². The lowest BCUT2D eigenvalue weighted by Gasteiger charge is -2.38. The molecule has 6 heteroatoms. The Morgan fingerprint density at radius 3 is 1.86 bits per heavy atom. The van der Waals surface area contributed by atoms with Crippen LogP contribution in [0.4, 0.5) is 13.2 Å². The van der Waals surface area contributed by atoms with Gasteiger partial charge < -0.3 is 5.32 Å². The van der Waals surface area contributed by atoms with Crippen molar-refractivity contribution in [2.75, 3.05) is 26.2 Å². The number of benzene rings is 2. The van der Waals surface area contributed by atoms with Crippen molar-refractivity contribution in [2.45, 2.75) is 37.9 Å². The maximum absolute atomic E-state index is 12.8. The standard InChI is InChI=1S/C23H27F3N2.ClH/c24-23(25,26)21-11-9-18(10-12-21)17-5-7-20(8-6-17)22(19-3-1-2-4-19)28-15-13-27-14-16-28;/h5-12,19,22,27H,1-4,13-16H2;1H/t22-;/m1./s1. The summed E-state index contributed by atoms with van der Waals surface area (Å²) >= 11 is 0. The monoisotopic (exact) mass is 424 g/mol. The molecule has 2 aromatic rings. The Morgan fingerprint density at radius 2 is 1.34 bits per heavy atom. The van der Waals surface area contributed by atoms with E-state index in [2.05, 4.69) is 34.5 Å². The van der Waals surface area contributed by atoms with Gasteiger partial charge in [-0.05, 0) is 47.6 Å². The van der Waals surface area contributed by atoms with Crippen molar-refractivity contribution < 1.29 is 13.2 Å². The van der Waals surface area contributed by atoms with E-state index in [1.807, 2.05) is 0 Å². The summed E-state index contributed by atoms with van der Waals surface area (Å²) in [7, 11) is 0. The van der Waals surface area contributed by atoms with Crippen molar-refractivity contribution in [3.05, 3.63) is 59.7 Å². The molecule has 2 aliphatic rings. The molecule has 1 atom stereocenters. The van der Waals surface area contributed by atoms with Crippen LogP contribution in [-0.4, -0.2) is 31.1 Å². The summed E-state index contributed by atoms with van der Waals surface area (Å²) in [5.41, 5.74) is 2.51. The molecule has 1 N–H and O–H groups in total. The van der Waals surface area contributed by atoms with Gasteiger partial charge in [-0.3, -0.25) is 4.90 Å². The first-order valence-corrected chi connectivity index (χ1v) is 10.2. The molecule has 1 saturated heterocycles. The normalized spacial score (nSPS) is 19.7. The zero-order chi connectivity index (χ0) is 19.6. The van der Waals surface area contributed by atoms with Crippen LogP contribution < -0.4 is 5.32 Å². The maximum atomic E-state index is 12.8. The number of nitrogens with zero attached hydrogens (tertiary/aromatic N) is 1. The molecule has 0 bridgehead atoms. The number of alkyl halides is 3. The molecule has 0 aromatic heterocycles. The van der Waals surface area contributed by atoms with Crippen LogP contribution >= 0.6 is 12.4 Å². The molecule has 158 valence electrons. The largest absolute Gasteiger partial charge is 0.416 e. The second kappa shape index (κ2) is 9.50. The Balaban J connectivity index is 0.00000240. The van der Waals surface area contributed by atoms with Gasteiger partial charge in [0.2, 0.25) is 0 Å². The molecule has 0 amide bonds. The maximum Gasteiger partial charge on any atom is 0.416 e. The smallest absolute Gasteiger partial charge is 0.314 e. The number of rotatable bonds is 4. The molecule has 1 aliphatic heterocycles. The van der Waals surface area contributed by atoms with Crippen LogP contribution in [0.2, 0.25) is 0 Å². The highest BCUT2D eigenvalue weighted by atomic mass is 35.5. The number of hydrogen-bond donors (Lipinski definition) is 1. The molecule has 0 spiro atoms. The summed E-state index contributed by atoms with van der Waals surface area (Å²) in [6, 6.07) is 14.4. The van der Waals surface area contributed by atoms with Gasteiger partial charge in [0.15, 0.2) is 0 Å². The second-order valence-electron chi connectivity index (χ2n) is 7.97. The van der Waals surface area contributed by atoms with Crippen molar-refractivity contribution in [3.63, 3.8) is 0 Å². The minimum absolute atomic E-state index is 0. The zero-order valence-electron chi connectivity index (χ0n) is 16.4. The molecule has 0 radical (unpaired) electrons. The highest BCUT2D eigenvalue weighted by molar-refractivity contribution is 5.85. The van der Waals surface area contributed by atoms with E-state index in [9.17, 15) is 13.2 Å². The molecule has 1 saturated carbocycles. The first kappa shape index (κ1) is 22.1. The SMILES string of the molecule is Cl.FC(F)(F)c1ccc(-c2ccc([C@@H](C3CCCC3)N3CCNCC3)cc2)cc1. The van der Waals surface area contributed by atoms with Crippen LogP contribution in [0.25, 0.3) is 11.1 Å². The minimum Gasteiger partial charge on any atom is -0.314 e. The van der Waals surface area contributed by atoms with Gasteiger partial charge >= 0.3 is 6.18 Å². The lowest BCUT2D eigenvalue weighted by Crippen LogP contribution is -2.46. The van der Waals surface area contributed by atoms with Gasteiger partial charge in [0.25, 0.3) is 0 Å². The lowest BCUT2D eigenvalue weighted by molar-refractivity contribution is -0.137. The number of piperazine rings is 1. The first-order valence-electron chi connectivity index (χ1n) is 10.2. The summed E-state index contributed by atoms with van der Waals surface area (Å²) in [5.74, 6) is 0.704. The van der Waals surface area contributed by atoms with Crippen LogP contribution in [-0.2, 0) is 6.18 Å². The average Bonchev–Trinajstić information content (AvgIpc) is 3.23. The molecule has 1 heterocycles. The van der Waals surface area contributed by atoms with Crippen LogP contribution in [0.1, 0.15) is 42.9 Å². The van der Waals surface area contributed by atoms with E-state index in [0.29, 0.717) is 12.0 Å². The second-order valence-corrected chi connectivity index (χ2v) is 7.97. The Hall–Kier alpha value is -1.56. The summed E-state index contributed by atoms with van der Waals surface area (Å²) in [6.07, 6.45) is 0.915. The fourth-order valence-electron chi connectivity index (χ4n) is 4.74. The summed E-state index contributed by atoms with van der Waals surface area (Å²) in [5, 5.41) is 3.44. The average molecular weight is 425 g/mol. The Kier molecular flexibility index (Phi) is 7.25. The molecular weight excluding hydrogens is 397 g/mol. The van der Waals surface area contributed by atoms with Gasteiger partial charge in [-0.2, -0.15) is 13.2 Å². The third-order valence-electron chi connectivity index (χ3n) is 6.19. The van der Waals surface area contributed by atoms with E-state index >= 15 is 0 Å². The van der Waals surface area contributed by atoms with Gasteiger partial charge in [0.1, 0.15) is 0 Å². The number of halogens is 4. The predicted molar refractivity (Wildman–Crippen MR) is 113 cm³/mol. The highest BCUT2D eigenvalue weighted by Gasteiger charge is 2.32. The Morgan fingerprint density at radius 1 is 0.828 bits per heavy atom. The van der Waals surface area contributed by atoms with Crippen LogP contribution in [0.15, 0.2) is 48.5 Å². The van der Waals surface area contributed by atoms with Crippen LogP contribution in [0, 0.1) is 5.92 Å². The van der Waals surface area contributed by atoms with E-state index in [0.717, 1.165) is 49.4 Å². The van der Waals surface area contributed by atoms with Gasteiger partial charge in [0.05, 0.1) is 5.56 Å². The van der Waals surface area contributed by atoms with E-state index < -0.39 is 11.7 Å². The molecule has 2 aromatic carbocycles. The van der Waals surface area contributed by atoms with E-state index in [1.165, 1.54) is 31.2 Å². The van der Waals surface area contributed by atoms with E-state index in [-0.39, 0.29) is 12.4 Å². The quantitative estimate of drug-likeness (QED) is 0.654. The van der Waals surface area contributed by atoms with E-state index in [1.54, 1.807) is 12.1 Å². The lowest BCUT2D eigenvalue weighted by atomic mass is 9.89. The summed E-state index contributed by atoms with van der Waals surface area (Å²) < 4.78 is 38.3. The third-order valence-corrected chi connectivity index (χ3v) is 6.19. The Labute approximate surface area is 176 Å². The van der Waals surface area contributed by atoms with Crippen molar-refractivity contribution in [3.8, 4) is 11.1 Å².